The standard InChI is InChI=1S/C18H20N4O3/c23-18(21-9-13-4-5-15-16(8-13)25-12-24-15)14-10-20-17(11-19-14)22-6-2-1-3-7-22/h4-5,8,10-11H,1-3,6-7,9,12H2,(H,21,23). The number of aromatic nitrogens is 2. The van der Waals surface area contributed by atoms with Crippen molar-refractivity contribution in [3.05, 3.63) is 41.9 Å². The van der Waals surface area contributed by atoms with Gasteiger partial charge < -0.3 is 19.7 Å². The molecule has 0 atom stereocenters. The number of anilines is 1. The van der Waals surface area contributed by atoms with Gasteiger partial charge in [0.05, 0.1) is 12.4 Å². The third-order valence-electron chi connectivity index (χ3n) is 4.44. The predicted molar refractivity (Wildman–Crippen MR) is 91.8 cm³/mol. The van der Waals surface area contributed by atoms with Crippen LogP contribution in [0.15, 0.2) is 30.6 Å². The molecule has 0 spiro atoms. The lowest BCUT2D eigenvalue weighted by molar-refractivity contribution is 0.0945. The van der Waals surface area contributed by atoms with Crippen molar-refractivity contribution in [2.45, 2.75) is 25.8 Å². The minimum Gasteiger partial charge on any atom is -0.454 e. The molecule has 1 saturated heterocycles. The lowest BCUT2D eigenvalue weighted by atomic mass is 10.1. The SMILES string of the molecule is O=C(NCc1ccc2c(c1)OCO2)c1cnc(N2CCCCC2)cn1. The fourth-order valence-electron chi connectivity index (χ4n) is 3.05. The quantitative estimate of drug-likeness (QED) is 0.919. The molecule has 3 heterocycles. The van der Waals surface area contributed by atoms with Crippen molar-refractivity contribution < 1.29 is 14.3 Å². The third-order valence-corrected chi connectivity index (χ3v) is 4.44. The Morgan fingerprint density at radius 1 is 1.08 bits per heavy atom. The molecule has 2 aliphatic rings. The fourth-order valence-corrected chi connectivity index (χ4v) is 3.05. The van der Waals surface area contributed by atoms with Gasteiger partial charge in [-0.1, -0.05) is 6.07 Å². The van der Waals surface area contributed by atoms with E-state index in [9.17, 15) is 4.79 Å². The molecular weight excluding hydrogens is 320 g/mol. The van der Waals surface area contributed by atoms with Gasteiger partial charge in [0, 0.05) is 19.6 Å². The first-order valence-electron chi connectivity index (χ1n) is 8.53. The predicted octanol–water partition coefficient (Wildman–Crippen LogP) is 2.13. The highest BCUT2D eigenvalue weighted by Gasteiger charge is 2.15. The summed E-state index contributed by atoms with van der Waals surface area (Å²) < 4.78 is 10.6. The first-order valence-corrected chi connectivity index (χ1v) is 8.53. The van der Waals surface area contributed by atoms with Crippen LogP contribution in [-0.4, -0.2) is 35.8 Å². The van der Waals surface area contributed by atoms with Gasteiger partial charge in [0.15, 0.2) is 11.5 Å². The Labute approximate surface area is 146 Å². The molecule has 0 unspecified atom stereocenters. The molecule has 7 nitrogen and oxygen atoms in total. The van der Waals surface area contributed by atoms with Crippen molar-refractivity contribution >= 4 is 11.7 Å². The van der Waals surface area contributed by atoms with Crippen molar-refractivity contribution in [1.29, 1.82) is 0 Å². The highest BCUT2D eigenvalue weighted by atomic mass is 16.7. The number of ether oxygens (including phenoxy) is 2. The lowest BCUT2D eigenvalue weighted by Gasteiger charge is -2.27. The van der Waals surface area contributed by atoms with Crippen LogP contribution in [0.5, 0.6) is 11.5 Å². The minimum atomic E-state index is -0.240. The Kier molecular flexibility index (Phi) is 4.37. The highest BCUT2D eigenvalue weighted by Crippen LogP contribution is 2.32. The zero-order valence-corrected chi connectivity index (χ0v) is 13.9. The van der Waals surface area contributed by atoms with Gasteiger partial charge in [0.25, 0.3) is 5.91 Å². The molecule has 1 aromatic heterocycles. The summed E-state index contributed by atoms with van der Waals surface area (Å²) in [4.78, 5) is 23.1. The number of rotatable bonds is 4. The number of carbonyl (C=O) groups is 1. The van der Waals surface area contributed by atoms with Crippen molar-refractivity contribution in [2.24, 2.45) is 0 Å². The van der Waals surface area contributed by atoms with Crippen molar-refractivity contribution in [3.8, 4) is 11.5 Å². The first-order chi connectivity index (χ1) is 12.3. The zero-order chi connectivity index (χ0) is 17.1. The van der Waals surface area contributed by atoms with Crippen LogP contribution in [0, 0.1) is 0 Å². The summed E-state index contributed by atoms with van der Waals surface area (Å²) in [5, 5.41) is 2.85. The second-order valence-corrected chi connectivity index (χ2v) is 6.18. The molecular formula is C18H20N4O3. The summed E-state index contributed by atoms with van der Waals surface area (Å²) in [6.07, 6.45) is 6.85. The van der Waals surface area contributed by atoms with Gasteiger partial charge in [0.1, 0.15) is 11.5 Å². The van der Waals surface area contributed by atoms with E-state index in [-0.39, 0.29) is 12.7 Å². The van der Waals surface area contributed by atoms with Crippen LogP contribution in [0.4, 0.5) is 5.82 Å². The number of carbonyl (C=O) groups excluding carboxylic acids is 1. The Hall–Kier alpha value is -2.83. The highest BCUT2D eigenvalue weighted by molar-refractivity contribution is 5.92. The summed E-state index contributed by atoms with van der Waals surface area (Å²) in [6, 6.07) is 5.61. The average molecular weight is 340 g/mol. The van der Waals surface area contributed by atoms with Gasteiger partial charge in [-0.2, -0.15) is 0 Å². The van der Waals surface area contributed by atoms with Gasteiger partial charge in [0.2, 0.25) is 6.79 Å². The van der Waals surface area contributed by atoms with Gasteiger partial charge in [-0.25, -0.2) is 9.97 Å². The molecule has 4 rings (SSSR count). The molecule has 0 radical (unpaired) electrons. The van der Waals surface area contributed by atoms with Gasteiger partial charge in [-0.3, -0.25) is 4.79 Å². The molecule has 7 heteroatoms. The van der Waals surface area contributed by atoms with E-state index in [4.69, 9.17) is 9.47 Å². The number of piperidine rings is 1. The first kappa shape index (κ1) is 15.7. The maximum Gasteiger partial charge on any atom is 0.271 e. The Bertz CT molecular complexity index is 757. The molecule has 25 heavy (non-hydrogen) atoms. The molecule has 1 N–H and O–H groups in total. The maximum absolute atomic E-state index is 12.3. The van der Waals surface area contributed by atoms with Crippen LogP contribution in [0.3, 0.4) is 0 Å². The van der Waals surface area contributed by atoms with E-state index >= 15 is 0 Å². The minimum absolute atomic E-state index is 0.240. The molecule has 1 aromatic carbocycles. The lowest BCUT2D eigenvalue weighted by Crippen LogP contribution is -2.30. The Morgan fingerprint density at radius 3 is 2.72 bits per heavy atom. The summed E-state index contributed by atoms with van der Waals surface area (Å²) in [6.45, 7) is 2.64. The van der Waals surface area contributed by atoms with E-state index in [0.717, 1.165) is 30.2 Å². The van der Waals surface area contributed by atoms with E-state index in [1.807, 2.05) is 18.2 Å². The molecule has 0 saturated carbocycles. The maximum atomic E-state index is 12.3. The summed E-state index contributed by atoms with van der Waals surface area (Å²) in [5.74, 6) is 2.04. The van der Waals surface area contributed by atoms with Gasteiger partial charge in [-0.05, 0) is 37.0 Å². The van der Waals surface area contributed by atoms with Crippen LogP contribution in [-0.2, 0) is 6.54 Å². The third kappa shape index (κ3) is 3.50. The number of hydrogen-bond acceptors (Lipinski definition) is 6. The van der Waals surface area contributed by atoms with Crippen molar-refractivity contribution in [1.82, 2.24) is 15.3 Å². The Balaban J connectivity index is 1.36. The van der Waals surface area contributed by atoms with Crippen molar-refractivity contribution in [3.63, 3.8) is 0 Å². The van der Waals surface area contributed by atoms with Gasteiger partial charge >= 0.3 is 0 Å². The molecule has 0 aliphatic carbocycles. The van der Waals surface area contributed by atoms with Crippen LogP contribution in [0.1, 0.15) is 35.3 Å². The Morgan fingerprint density at radius 2 is 1.92 bits per heavy atom. The zero-order valence-electron chi connectivity index (χ0n) is 13.9. The molecule has 0 bridgehead atoms. The number of hydrogen-bond donors (Lipinski definition) is 1. The number of fused-ring (bicyclic) bond motifs is 1. The molecule has 2 aliphatic heterocycles. The van der Waals surface area contributed by atoms with Crippen LogP contribution < -0.4 is 19.7 Å². The number of amides is 1. The van der Waals surface area contributed by atoms with E-state index < -0.39 is 0 Å². The van der Waals surface area contributed by atoms with E-state index in [0.29, 0.717) is 18.0 Å². The molecule has 2 aromatic rings. The van der Waals surface area contributed by atoms with E-state index in [2.05, 4.69) is 20.2 Å². The monoisotopic (exact) mass is 340 g/mol. The normalized spacial score (nSPS) is 15.9. The molecule has 130 valence electrons. The topological polar surface area (TPSA) is 76.6 Å². The number of benzene rings is 1. The second-order valence-electron chi connectivity index (χ2n) is 6.18. The number of nitrogens with one attached hydrogen (secondary N) is 1. The van der Waals surface area contributed by atoms with Gasteiger partial charge in [-0.15, -0.1) is 0 Å². The van der Waals surface area contributed by atoms with Crippen LogP contribution in [0.2, 0.25) is 0 Å². The van der Waals surface area contributed by atoms with E-state index in [1.165, 1.54) is 19.3 Å². The van der Waals surface area contributed by atoms with Crippen LogP contribution >= 0.6 is 0 Å². The van der Waals surface area contributed by atoms with Crippen LogP contribution in [0.25, 0.3) is 0 Å². The van der Waals surface area contributed by atoms with Crippen molar-refractivity contribution in [2.75, 3.05) is 24.8 Å². The summed E-state index contributed by atoms with van der Waals surface area (Å²) in [5.41, 5.74) is 1.26. The van der Waals surface area contributed by atoms with E-state index in [1.54, 1.807) is 12.4 Å². The smallest absolute Gasteiger partial charge is 0.271 e. The largest absolute Gasteiger partial charge is 0.454 e. The molecule has 1 amide bonds. The second kappa shape index (κ2) is 6.96. The number of nitrogens with zero attached hydrogens (tertiary/aromatic N) is 3. The fraction of sp³-hybridized carbons (Fsp3) is 0.389. The summed E-state index contributed by atoms with van der Waals surface area (Å²) in [7, 11) is 0. The summed E-state index contributed by atoms with van der Waals surface area (Å²) >= 11 is 0. The average Bonchev–Trinajstić information content (AvgIpc) is 3.15. The molecule has 1 fully saturated rings.